The summed E-state index contributed by atoms with van der Waals surface area (Å²) in [6, 6.07) is 0. The fourth-order valence-corrected chi connectivity index (χ4v) is 3.29. The fraction of sp³-hybridized carbons (Fsp3) is 0.615. The quantitative estimate of drug-likeness (QED) is 0.775. The van der Waals surface area contributed by atoms with Crippen LogP contribution in [-0.4, -0.2) is 36.3 Å². The lowest BCUT2D eigenvalue weighted by Gasteiger charge is -2.31. The van der Waals surface area contributed by atoms with Gasteiger partial charge >= 0.3 is 0 Å². The van der Waals surface area contributed by atoms with Crippen LogP contribution in [0.4, 0.5) is 10.7 Å². The molecule has 1 saturated heterocycles. The highest BCUT2D eigenvalue weighted by Gasteiger charge is 2.27. The number of nitrogens with zero attached hydrogens (tertiary/aromatic N) is 1. The first-order valence-corrected chi connectivity index (χ1v) is 7.53. The molecule has 0 unspecified atom stereocenters. The van der Waals surface area contributed by atoms with Crippen LogP contribution in [0.15, 0.2) is 0 Å². The largest absolute Gasteiger partial charge is 0.486 e. The molecule has 0 aliphatic carbocycles. The second-order valence-corrected chi connectivity index (χ2v) is 6.23. The molecule has 20 heavy (non-hydrogen) atoms. The van der Waals surface area contributed by atoms with Gasteiger partial charge in [-0.1, -0.05) is 0 Å². The minimum atomic E-state index is -0.538. The molecule has 112 valence electrons. The number of primary amides is 1. The van der Waals surface area contributed by atoms with Crippen molar-refractivity contribution in [1.82, 2.24) is 0 Å². The first-order valence-electron chi connectivity index (χ1n) is 6.72. The number of piperidine rings is 1. The zero-order valence-corrected chi connectivity index (χ0v) is 12.6. The van der Waals surface area contributed by atoms with Gasteiger partial charge in [0.25, 0.3) is 5.91 Å². The Bertz CT molecular complexity index is 493. The third kappa shape index (κ3) is 2.99. The SMILES string of the molecule is CC(C)Oc1c(N2CCC(O)CC2)sc(C(N)=O)c1N. The molecule has 1 fully saturated rings. The molecule has 1 aromatic rings. The van der Waals surface area contributed by atoms with E-state index in [1.807, 2.05) is 13.8 Å². The van der Waals surface area contributed by atoms with Gasteiger partial charge in [-0.25, -0.2) is 0 Å². The number of hydrogen-bond donors (Lipinski definition) is 3. The van der Waals surface area contributed by atoms with E-state index in [-0.39, 0.29) is 12.2 Å². The molecular formula is C13H21N3O3S. The Morgan fingerprint density at radius 1 is 1.45 bits per heavy atom. The molecule has 2 rings (SSSR count). The van der Waals surface area contributed by atoms with Crippen molar-refractivity contribution in [3.63, 3.8) is 0 Å². The molecule has 6 nitrogen and oxygen atoms in total. The Morgan fingerprint density at radius 3 is 2.55 bits per heavy atom. The van der Waals surface area contributed by atoms with Crippen LogP contribution in [0.5, 0.6) is 5.75 Å². The van der Waals surface area contributed by atoms with Crippen molar-refractivity contribution in [3.8, 4) is 5.75 Å². The minimum Gasteiger partial charge on any atom is -0.486 e. The van der Waals surface area contributed by atoms with Gasteiger partial charge in [-0.05, 0) is 26.7 Å². The molecule has 0 atom stereocenters. The van der Waals surface area contributed by atoms with Crippen molar-refractivity contribution in [3.05, 3.63) is 4.88 Å². The number of rotatable bonds is 4. The first-order chi connectivity index (χ1) is 9.40. The summed E-state index contributed by atoms with van der Waals surface area (Å²) in [5.41, 5.74) is 11.7. The maximum atomic E-state index is 11.4. The average molecular weight is 299 g/mol. The Balaban J connectivity index is 2.34. The van der Waals surface area contributed by atoms with Crippen LogP contribution in [0.1, 0.15) is 36.4 Å². The summed E-state index contributed by atoms with van der Waals surface area (Å²) < 4.78 is 5.76. The smallest absolute Gasteiger partial charge is 0.261 e. The maximum absolute atomic E-state index is 11.4. The topological polar surface area (TPSA) is 102 Å². The normalized spacial score (nSPS) is 16.7. The number of carbonyl (C=O) groups is 1. The van der Waals surface area contributed by atoms with Crippen LogP contribution >= 0.6 is 11.3 Å². The number of nitrogens with two attached hydrogens (primary N) is 2. The van der Waals surface area contributed by atoms with E-state index in [4.69, 9.17) is 16.2 Å². The van der Waals surface area contributed by atoms with E-state index < -0.39 is 5.91 Å². The summed E-state index contributed by atoms with van der Waals surface area (Å²) in [5.74, 6) is -0.000380. The van der Waals surface area contributed by atoms with E-state index >= 15 is 0 Å². The van der Waals surface area contributed by atoms with Crippen molar-refractivity contribution < 1.29 is 14.6 Å². The molecule has 0 radical (unpaired) electrons. The molecule has 5 N–H and O–H groups in total. The number of ether oxygens (including phenoxy) is 1. The Labute approximate surface area is 122 Å². The number of nitrogen functional groups attached to an aromatic ring is 1. The summed E-state index contributed by atoms with van der Waals surface area (Å²) in [6.45, 7) is 5.25. The molecule has 0 aromatic carbocycles. The Kier molecular flexibility index (Phi) is 4.39. The van der Waals surface area contributed by atoms with Crippen molar-refractivity contribution in [1.29, 1.82) is 0 Å². The van der Waals surface area contributed by atoms with Gasteiger partial charge < -0.3 is 26.2 Å². The van der Waals surface area contributed by atoms with Gasteiger partial charge in [-0.15, -0.1) is 11.3 Å². The van der Waals surface area contributed by atoms with Gasteiger partial charge in [0.05, 0.1) is 12.2 Å². The number of thiophene rings is 1. The molecule has 0 bridgehead atoms. The summed E-state index contributed by atoms with van der Waals surface area (Å²) in [4.78, 5) is 13.9. The zero-order valence-electron chi connectivity index (χ0n) is 11.8. The molecule has 0 saturated carbocycles. The van der Waals surface area contributed by atoms with Crippen molar-refractivity contribution in [2.75, 3.05) is 23.7 Å². The maximum Gasteiger partial charge on any atom is 0.261 e. The van der Waals surface area contributed by atoms with Crippen LogP contribution in [0, 0.1) is 0 Å². The zero-order chi connectivity index (χ0) is 14.9. The number of carbonyl (C=O) groups excluding carboxylic acids is 1. The van der Waals surface area contributed by atoms with E-state index in [1.165, 1.54) is 11.3 Å². The monoisotopic (exact) mass is 299 g/mol. The lowest BCUT2D eigenvalue weighted by molar-refractivity contribution is 0.100. The van der Waals surface area contributed by atoms with Gasteiger partial charge in [-0.2, -0.15) is 0 Å². The lowest BCUT2D eigenvalue weighted by Crippen LogP contribution is -2.35. The third-order valence-corrected chi connectivity index (χ3v) is 4.47. The number of aliphatic hydroxyl groups excluding tert-OH is 1. The van der Waals surface area contributed by atoms with Crippen LogP contribution in [0.2, 0.25) is 0 Å². The standard InChI is InChI=1S/C13H21N3O3S/c1-7(2)19-10-9(14)11(12(15)18)20-13(10)16-5-3-8(17)4-6-16/h7-8,17H,3-6,14H2,1-2H3,(H2,15,18). The molecule has 1 aromatic heterocycles. The highest BCUT2D eigenvalue weighted by molar-refractivity contribution is 7.19. The predicted octanol–water partition coefficient (Wildman–Crippen LogP) is 1.18. The fourth-order valence-electron chi connectivity index (χ4n) is 2.23. The Morgan fingerprint density at radius 2 is 2.05 bits per heavy atom. The van der Waals surface area contributed by atoms with Crippen molar-refractivity contribution in [2.45, 2.75) is 38.9 Å². The molecule has 1 amide bonds. The predicted molar refractivity (Wildman–Crippen MR) is 80.5 cm³/mol. The summed E-state index contributed by atoms with van der Waals surface area (Å²) in [7, 11) is 0. The minimum absolute atomic E-state index is 0.0400. The second kappa shape index (κ2) is 5.88. The van der Waals surface area contributed by atoms with Crippen molar-refractivity contribution in [2.24, 2.45) is 5.73 Å². The number of anilines is 2. The van der Waals surface area contributed by atoms with Crippen LogP contribution in [0.3, 0.4) is 0 Å². The second-order valence-electron chi connectivity index (χ2n) is 5.23. The summed E-state index contributed by atoms with van der Waals surface area (Å²) >= 11 is 1.26. The summed E-state index contributed by atoms with van der Waals surface area (Å²) in [5, 5.41) is 10.4. The van der Waals surface area contributed by atoms with Gasteiger partial charge in [-0.3, -0.25) is 4.79 Å². The highest BCUT2D eigenvalue weighted by atomic mass is 32.1. The molecule has 2 heterocycles. The van der Waals surface area contributed by atoms with Gasteiger partial charge in [0.2, 0.25) is 0 Å². The van der Waals surface area contributed by atoms with E-state index in [0.29, 0.717) is 42.2 Å². The van der Waals surface area contributed by atoms with E-state index in [9.17, 15) is 9.90 Å². The van der Waals surface area contributed by atoms with Crippen LogP contribution < -0.4 is 21.1 Å². The number of aliphatic hydroxyl groups is 1. The van der Waals surface area contributed by atoms with E-state index in [0.717, 1.165) is 5.00 Å². The summed E-state index contributed by atoms with van der Waals surface area (Å²) in [6.07, 6.45) is 1.10. The molecule has 0 spiro atoms. The third-order valence-electron chi connectivity index (χ3n) is 3.21. The van der Waals surface area contributed by atoms with Crippen molar-refractivity contribution >= 4 is 27.9 Å². The van der Waals surface area contributed by atoms with Gasteiger partial charge in [0.15, 0.2) is 5.75 Å². The molecule has 1 aliphatic rings. The number of amides is 1. The van der Waals surface area contributed by atoms with Gasteiger partial charge in [0, 0.05) is 13.1 Å². The molecular weight excluding hydrogens is 278 g/mol. The first kappa shape index (κ1) is 14.9. The van der Waals surface area contributed by atoms with E-state index in [1.54, 1.807) is 0 Å². The molecule has 1 aliphatic heterocycles. The molecule has 7 heteroatoms. The van der Waals surface area contributed by atoms with Gasteiger partial charge in [0.1, 0.15) is 15.6 Å². The Hall–Kier alpha value is -1.47. The average Bonchev–Trinajstić information content (AvgIpc) is 2.68. The van der Waals surface area contributed by atoms with Crippen LogP contribution in [-0.2, 0) is 0 Å². The lowest BCUT2D eigenvalue weighted by atomic mass is 10.1. The number of hydrogen-bond acceptors (Lipinski definition) is 6. The highest BCUT2D eigenvalue weighted by Crippen LogP contribution is 2.45. The van der Waals surface area contributed by atoms with E-state index in [2.05, 4.69) is 4.90 Å². The van der Waals surface area contributed by atoms with Crippen LogP contribution in [0.25, 0.3) is 0 Å².